The van der Waals surface area contributed by atoms with Crippen molar-refractivity contribution in [3.05, 3.63) is 12.7 Å². The average molecular weight is 242 g/mol. The summed E-state index contributed by atoms with van der Waals surface area (Å²) in [6.07, 6.45) is 2.12. The topological polar surface area (TPSA) is 15.7 Å². The maximum absolute atomic E-state index is 5.86. The normalized spacial score (nSPS) is 11.7. The van der Waals surface area contributed by atoms with Crippen LogP contribution in [0.15, 0.2) is 12.7 Å². The van der Waals surface area contributed by atoms with Crippen molar-refractivity contribution in [3.8, 4) is 0 Å². The molecular formula is C14H30N2O. The second-order valence-electron chi connectivity index (χ2n) is 4.22. The van der Waals surface area contributed by atoms with Crippen LogP contribution >= 0.6 is 0 Å². The molecule has 0 aliphatic carbocycles. The van der Waals surface area contributed by atoms with Crippen molar-refractivity contribution in [2.75, 3.05) is 45.9 Å². The lowest BCUT2D eigenvalue weighted by atomic mass is 10.2. The quantitative estimate of drug-likeness (QED) is 0.517. The van der Waals surface area contributed by atoms with E-state index in [1.165, 1.54) is 0 Å². The molecule has 0 N–H and O–H groups in total. The maximum atomic E-state index is 5.86. The Morgan fingerprint density at radius 1 is 0.941 bits per heavy atom. The Balaban J connectivity index is 4.24. The zero-order valence-corrected chi connectivity index (χ0v) is 12.1. The molecule has 0 bridgehead atoms. The van der Waals surface area contributed by atoms with Crippen LogP contribution in [-0.4, -0.2) is 61.8 Å². The number of ether oxygens (including phenoxy) is 1. The first-order valence-corrected chi connectivity index (χ1v) is 6.88. The predicted octanol–water partition coefficient (Wildman–Crippen LogP) is 2.24. The third-order valence-corrected chi connectivity index (χ3v) is 3.16. The number of likely N-dealkylation sites (N-methyl/N-ethyl adjacent to an activating group) is 2. The molecule has 0 spiro atoms. The van der Waals surface area contributed by atoms with Crippen LogP contribution in [0.1, 0.15) is 27.7 Å². The highest BCUT2D eigenvalue weighted by molar-refractivity contribution is 4.72. The molecule has 17 heavy (non-hydrogen) atoms. The molecule has 0 unspecified atom stereocenters. The van der Waals surface area contributed by atoms with Gasteiger partial charge in [-0.2, -0.15) is 0 Å². The minimum absolute atomic E-state index is 0.285. The zero-order chi connectivity index (χ0) is 13.1. The van der Waals surface area contributed by atoms with E-state index in [0.717, 1.165) is 39.3 Å². The summed E-state index contributed by atoms with van der Waals surface area (Å²) >= 11 is 0. The summed E-state index contributed by atoms with van der Waals surface area (Å²) in [7, 11) is 0. The minimum Gasteiger partial charge on any atom is -0.372 e. The van der Waals surface area contributed by atoms with E-state index < -0.39 is 0 Å². The molecular weight excluding hydrogens is 212 g/mol. The lowest BCUT2D eigenvalue weighted by Crippen LogP contribution is -2.41. The molecule has 0 fully saturated rings. The molecule has 0 aliphatic rings. The van der Waals surface area contributed by atoms with Crippen molar-refractivity contribution in [1.29, 1.82) is 0 Å². The summed E-state index contributed by atoms with van der Waals surface area (Å²) in [5, 5.41) is 0. The summed E-state index contributed by atoms with van der Waals surface area (Å²) in [4.78, 5) is 4.83. The van der Waals surface area contributed by atoms with Gasteiger partial charge in [0.25, 0.3) is 0 Å². The Bertz CT molecular complexity index is 163. The van der Waals surface area contributed by atoms with Gasteiger partial charge in [-0.1, -0.05) is 33.8 Å². The van der Waals surface area contributed by atoms with Crippen LogP contribution in [0.5, 0.6) is 0 Å². The highest BCUT2D eigenvalue weighted by Crippen LogP contribution is 2.01. The van der Waals surface area contributed by atoms with Gasteiger partial charge < -0.3 is 14.5 Å². The van der Waals surface area contributed by atoms with E-state index in [1.807, 2.05) is 6.08 Å². The number of nitrogens with zero attached hydrogens (tertiary/aromatic N) is 2. The molecule has 0 rings (SSSR count). The first-order chi connectivity index (χ1) is 8.21. The molecule has 0 aromatic rings. The number of rotatable bonds is 11. The van der Waals surface area contributed by atoms with Crippen molar-refractivity contribution in [1.82, 2.24) is 9.80 Å². The maximum Gasteiger partial charge on any atom is 0.0832 e. The van der Waals surface area contributed by atoms with Gasteiger partial charge >= 0.3 is 0 Å². The summed E-state index contributed by atoms with van der Waals surface area (Å²) in [6.45, 7) is 19.5. The summed E-state index contributed by atoms with van der Waals surface area (Å²) in [5.74, 6) is 0. The summed E-state index contributed by atoms with van der Waals surface area (Å²) in [6, 6.07) is 0. The fraction of sp³-hybridized carbons (Fsp3) is 0.857. The highest BCUT2D eigenvalue weighted by Gasteiger charge is 2.15. The fourth-order valence-electron chi connectivity index (χ4n) is 1.91. The first-order valence-electron chi connectivity index (χ1n) is 6.88. The van der Waals surface area contributed by atoms with Gasteiger partial charge in [-0.3, -0.25) is 0 Å². The molecule has 0 saturated heterocycles. The molecule has 0 saturated carbocycles. The van der Waals surface area contributed by atoms with Crippen LogP contribution in [-0.2, 0) is 4.74 Å². The van der Waals surface area contributed by atoms with E-state index in [9.17, 15) is 0 Å². The molecule has 3 nitrogen and oxygen atoms in total. The number of hydrogen-bond acceptors (Lipinski definition) is 3. The molecule has 0 radical (unpaired) electrons. The molecule has 0 aliphatic heterocycles. The Morgan fingerprint density at radius 2 is 1.35 bits per heavy atom. The van der Waals surface area contributed by atoms with Crippen LogP contribution in [0, 0.1) is 0 Å². The molecule has 3 heteroatoms. The van der Waals surface area contributed by atoms with Gasteiger partial charge in [0.05, 0.1) is 12.7 Å². The van der Waals surface area contributed by atoms with Crippen molar-refractivity contribution < 1.29 is 4.74 Å². The van der Waals surface area contributed by atoms with Crippen molar-refractivity contribution in [2.45, 2.75) is 33.8 Å². The van der Waals surface area contributed by atoms with Crippen LogP contribution in [0.3, 0.4) is 0 Å². The second kappa shape index (κ2) is 10.8. The monoisotopic (exact) mass is 242 g/mol. The number of hydrogen-bond donors (Lipinski definition) is 0. The Morgan fingerprint density at radius 3 is 1.65 bits per heavy atom. The Labute approximate surface area is 107 Å². The second-order valence-corrected chi connectivity index (χ2v) is 4.22. The van der Waals surface area contributed by atoms with E-state index >= 15 is 0 Å². The molecule has 0 aromatic carbocycles. The molecule has 102 valence electrons. The van der Waals surface area contributed by atoms with Gasteiger partial charge in [0.2, 0.25) is 0 Å². The summed E-state index contributed by atoms with van der Waals surface area (Å²) in [5.41, 5.74) is 0. The summed E-state index contributed by atoms with van der Waals surface area (Å²) < 4.78 is 5.86. The van der Waals surface area contributed by atoms with Gasteiger partial charge in [0, 0.05) is 13.1 Å². The standard InChI is InChI=1S/C14H30N2O/c1-6-11-17-14(12-15(7-2)8-3)13-16(9-4)10-5/h6,14H,1,7-13H2,2-5H3. The zero-order valence-electron chi connectivity index (χ0n) is 12.1. The molecule has 0 heterocycles. The van der Waals surface area contributed by atoms with E-state index in [0.29, 0.717) is 6.61 Å². The third-order valence-electron chi connectivity index (χ3n) is 3.16. The molecule has 0 aromatic heterocycles. The van der Waals surface area contributed by atoms with Gasteiger partial charge in [-0.25, -0.2) is 0 Å². The third kappa shape index (κ3) is 7.53. The molecule has 0 amide bonds. The fourth-order valence-corrected chi connectivity index (χ4v) is 1.91. The highest BCUT2D eigenvalue weighted by atomic mass is 16.5. The van der Waals surface area contributed by atoms with E-state index in [1.54, 1.807) is 0 Å². The van der Waals surface area contributed by atoms with Crippen LogP contribution < -0.4 is 0 Å². The van der Waals surface area contributed by atoms with Crippen molar-refractivity contribution >= 4 is 0 Å². The van der Waals surface area contributed by atoms with E-state index in [-0.39, 0.29) is 6.10 Å². The lowest BCUT2D eigenvalue weighted by molar-refractivity contribution is 0.0211. The Kier molecular flexibility index (Phi) is 10.5. The predicted molar refractivity (Wildman–Crippen MR) is 75.5 cm³/mol. The minimum atomic E-state index is 0.285. The van der Waals surface area contributed by atoms with E-state index in [4.69, 9.17) is 4.74 Å². The van der Waals surface area contributed by atoms with Gasteiger partial charge in [0.15, 0.2) is 0 Å². The van der Waals surface area contributed by atoms with E-state index in [2.05, 4.69) is 44.1 Å². The smallest absolute Gasteiger partial charge is 0.0832 e. The van der Waals surface area contributed by atoms with Crippen LogP contribution in [0.4, 0.5) is 0 Å². The largest absolute Gasteiger partial charge is 0.372 e. The Hall–Kier alpha value is -0.380. The van der Waals surface area contributed by atoms with Gasteiger partial charge in [-0.05, 0) is 26.2 Å². The SMILES string of the molecule is C=CCOC(CN(CC)CC)CN(CC)CC. The van der Waals surface area contributed by atoms with Crippen molar-refractivity contribution in [2.24, 2.45) is 0 Å². The average Bonchev–Trinajstić information content (AvgIpc) is 2.38. The van der Waals surface area contributed by atoms with Crippen LogP contribution in [0.25, 0.3) is 0 Å². The van der Waals surface area contributed by atoms with Gasteiger partial charge in [-0.15, -0.1) is 6.58 Å². The first kappa shape index (κ1) is 16.6. The van der Waals surface area contributed by atoms with Crippen LogP contribution in [0.2, 0.25) is 0 Å². The lowest BCUT2D eigenvalue weighted by Gasteiger charge is -2.29. The van der Waals surface area contributed by atoms with Gasteiger partial charge in [0.1, 0.15) is 0 Å². The molecule has 0 atom stereocenters. The van der Waals surface area contributed by atoms with Crippen molar-refractivity contribution in [3.63, 3.8) is 0 Å².